The van der Waals surface area contributed by atoms with Crippen LogP contribution in [0.3, 0.4) is 0 Å². The molecule has 0 heterocycles. The van der Waals surface area contributed by atoms with Crippen molar-refractivity contribution in [3.63, 3.8) is 0 Å². The predicted octanol–water partition coefficient (Wildman–Crippen LogP) is 3.92. The summed E-state index contributed by atoms with van der Waals surface area (Å²) in [5.74, 6) is -0.707. The van der Waals surface area contributed by atoms with E-state index in [1.807, 2.05) is 30.3 Å². The number of benzene rings is 3. The molecule has 142 valence electrons. The van der Waals surface area contributed by atoms with Crippen molar-refractivity contribution in [3.05, 3.63) is 90.0 Å². The zero-order valence-corrected chi connectivity index (χ0v) is 15.5. The van der Waals surface area contributed by atoms with E-state index in [0.29, 0.717) is 12.1 Å². The quantitative estimate of drug-likeness (QED) is 0.640. The summed E-state index contributed by atoms with van der Waals surface area (Å²) in [6.07, 6.45) is -0.895. The smallest absolute Gasteiger partial charge is 0.338 e. The molecule has 3 aromatic rings. The molecule has 0 spiro atoms. The third-order valence-corrected chi connectivity index (χ3v) is 4.28. The van der Waals surface area contributed by atoms with Crippen LogP contribution in [-0.4, -0.2) is 23.1 Å². The molecule has 0 fully saturated rings. The van der Waals surface area contributed by atoms with Crippen molar-refractivity contribution in [2.75, 3.05) is 0 Å². The Morgan fingerprint density at radius 1 is 0.893 bits per heavy atom. The summed E-state index contributed by atoms with van der Waals surface area (Å²) >= 11 is 0. The normalized spacial score (nSPS) is 11.5. The molecule has 0 unspecified atom stereocenters. The number of rotatable bonds is 6. The molecular formula is C23H21NO4. The molecule has 1 atom stereocenters. The molecule has 0 saturated carbocycles. The Bertz CT molecular complexity index is 935. The van der Waals surface area contributed by atoms with E-state index in [4.69, 9.17) is 4.74 Å². The van der Waals surface area contributed by atoms with Crippen molar-refractivity contribution >= 4 is 11.9 Å². The predicted molar refractivity (Wildman–Crippen MR) is 107 cm³/mol. The fraction of sp³-hybridized carbons (Fsp3) is 0.130. The minimum Gasteiger partial charge on any atom is -0.508 e. The van der Waals surface area contributed by atoms with Gasteiger partial charge in [0.05, 0.1) is 5.56 Å². The van der Waals surface area contributed by atoms with E-state index in [1.165, 1.54) is 0 Å². The lowest BCUT2D eigenvalue weighted by Crippen LogP contribution is -2.35. The van der Waals surface area contributed by atoms with Crippen molar-refractivity contribution in [1.82, 2.24) is 5.32 Å². The number of carbonyl (C=O) groups excluding carboxylic acids is 2. The van der Waals surface area contributed by atoms with Gasteiger partial charge in [0, 0.05) is 6.54 Å². The molecule has 1 amide bonds. The van der Waals surface area contributed by atoms with Crippen molar-refractivity contribution in [3.8, 4) is 16.9 Å². The third-order valence-electron chi connectivity index (χ3n) is 4.28. The Hall–Kier alpha value is -3.60. The van der Waals surface area contributed by atoms with Gasteiger partial charge in [0.25, 0.3) is 5.91 Å². The van der Waals surface area contributed by atoms with Gasteiger partial charge in [-0.2, -0.15) is 0 Å². The maximum Gasteiger partial charge on any atom is 0.338 e. The lowest BCUT2D eigenvalue weighted by atomic mass is 10.0. The van der Waals surface area contributed by atoms with Crippen LogP contribution in [0, 0.1) is 0 Å². The van der Waals surface area contributed by atoms with Gasteiger partial charge in [0.1, 0.15) is 5.75 Å². The highest BCUT2D eigenvalue weighted by Crippen LogP contribution is 2.22. The molecule has 3 aromatic carbocycles. The molecule has 28 heavy (non-hydrogen) atoms. The van der Waals surface area contributed by atoms with Crippen molar-refractivity contribution < 1.29 is 19.4 Å². The number of phenols is 1. The summed E-state index contributed by atoms with van der Waals surface area (Å²) in [6.45, 7) is 1.92. The van der Waals surface area contributed by atoms with Crippen molar-refractivity contribution in [2.45, 2.75) is 19.6 Å². The number of aromatic hydroxyl groups is 1. The summed E-state index contributed by atoms with van der Waals surface area (Å²) in [5, 5.41) is 12.1. The van der Waals surface area contributed by atoms with E-state index in [2.05, 4.69) is 5.32 Å². The minimum atomic E-state index is -0.895. The monoisotopic (exact) mass is 375 g/mol. The Balaban J connectivity index is 1.56. The van der Waals surface area contributed by atoms with Gasteiger partial charge >= 0.3 is 5.97 Å². The topological polar surface area (TPSA) is 75.6 Å². The summed E-state index contributed by atoms with van der Waals surface area (Å²) in [7, 11) is 0. The second-order valence-corrected chi connectivity index (χ2v) is 6.38. The molecule has 0 aliphatic rings. The van der Waals surface area contributed by atoms with Crippen LogP contribution in [0.15, 0.2) is 78.9 Å². The van der Waals surface area contributed by atoms with Gasteiger partial charge in [0.15, 0.2) is 6.10 Å². The average Bonchev–Trinajstić information content (AvgIpc) is 2.73. The molecule has 5 heteroatoms. The lowest BCUT2D eigenvalue weighted by Gasteiger charge is -2.14. The van der Waals surface area contributed by atoms with E-state index >= 15 is 0 Å². The highest BCUT2D eigenvalue weighted by molar-refractivity contribution is 5.92. The standard InChI is InChI=1S/C23H21NO4/c1-16(22(26)24-15-17-5-3-2-4-6-17)28-23(27)20-9-7-18(8-10-20)19-11-13-21(25)14-12-19/h2-14,16,25H,15H2,1H3,(H,24,26)/t16-/m0/s1. The molecule has 0 aliphatic heterocycles. The van der Waals surface area contributed by atoms with Crippen molar-refractivity contribution in [2.24, 2.45) is 0 Å². The van der Waals surface area contributed by atoms with E-state index in [-0.39, 0.29) is 11.7 Å². The number of ether oxygens (including phenoxy) is 1. The van der Waals surface area contributed by atoms with Crippen LogP contribution < -0.4 is 5.32 Å². The number of amides is 1. The number of nitrogens with one attached hydrogen (secondary N) is 1. The SMILES string of the molecule is C[C@H](OC(=O)c1ccc(-c2ccc(O)cc2)cc1)C(=O)NCc1ccccc1. The Labute approximate surface area is 163 Å². The van der Waals surface area contributed by atoms with Gasteiger partial charge in [-0.1, -0.05) is 54.6 Å². The zero-order valence-electron chi connectivity index (χ0n) is 15.5. The fourth-order valence-electron chi connectivity index (χ4n) is 2.66. The van der Waals surface area contributed by atoms with Gasteiger partial charge in [0.2, 0.25) is 0 Å². The van der Waals surface area contributed by atoms with Gasteiger partial charge in [-0.05, 0) is 47.9 Å². The second kappa shape index (κ2) is 8.86. The van der Waals surface area contributed by atoms with E-state index < -0.39 is 12.1 Å². The number of esters is 1. The number of hydrogen-bond donors (Lipinski definition) is 2. The minimum absolute atomic E-state index is 0.198. The largest absolute Gasteiger partial charge is 0.508 e. The maximum atomic E-state index is 12.3. The van der Waals surface area contributed by atoms with Gasteiger partial charge < -0.3 is 15.2 Å². The number of carbonyl (C=O) groups is 2. The summed E-state index contributed by atoms with van der Waals surface area (Å²) in [5.41, 5.74) is 3.17. The van der Waals surface area contributed by atoms with E-state index in [0.717, 1.165) is 16.7 Å². The number of phenolic OH excluding ortho intramolecular Hbond substituents is 1. The lowest BCUT2D eigenvalue weighted by molar-refractivity contribution is -0.129. The Morgan fingerprint density at radius 3 is 2.07 bits per heavy atom. The first kappa shape index (κ1) is 19.2. The molecule has 0 aliphatic carbocycles. The van der Waals surface area contributed by atoms with E-state index in [1.54, 1.807) is 55.5 Å². The molecular weight excluding hydrogens is 354 g/mol. The fourth-order valence-corrected chi connectivity index (χ4v) is 2.66. The second-order valence-electron chi connectivity index (χ2n) is 6.38. The van der Waals surface area contributed by atoms with Gasteiger partial charge in [-0.3, -0.25) is 4.79 Å². The summed E-state index contributed by atoms with van der Waals surface area (Å²) in [6, 6.07) is 23.2. The first-order chi connectivity index (χ1) is 13.5. The van der Waals surface area contributed by atoms with Crippen LogP contribution >= 0.6 is 0 Å². The first-order valence-corrected chi connectivity index (χ1v) is 8.95. The van der Waals surface area contributed by atoms with E-state index in [9.17, 15) is 14.7 Å². The van der Waals surface area contributed by atoms with Crippen LogP contribution in [0.5, 0.6) is 5.75 Å². The van der Waals surface area contributed by atoms with Gasteiger partial charge in [-0.25, -0.2) is 4.79 Å². The van der Waals surface area contributed by atoms with Crippen LogP contribution in [0.2, 0.25) is 0 Å². The molecule has 0 saturated heterocycles. The Kier molecular flexibility index (Phi) is 6.07. The van der Waals surface area contributed by atoms with Crippen molar-refractivity contribution in [1.29, 1.82) is 0 Å². The average molecular weight is 375 g/mol. The molecule has 0 radical (unpaired) electrons. The van der Waals surface area contributed by atoms with Crippen LogP contribution in [0.4, 0.5) is 0 Å². The Morgan fingerprint density at radius 2 is 1.46 bits per heavy atom. The van der Waals surface area contributed by atoms with Crippen LogP contribution in [-0.2, 0) is 16.1 Å². The zero-order chi connectivity index (χ0) is 19.9. The third kappa shape index (κ3) is 4.98. The highest BCUT2D eigenvalue weighted by Gasteiger charge is 2.18. The maximum absolute atomic E-state index is 12.3. The molecule has 0 aromatic heterocycles. The molecule has 0 bridgehead atoms. The first-order valence-electron chi connectivity index (χ1n) is 8.95. The summed E-state index contributed by atoms with van der Waals surface area (Å²) in [4.78, 5) is 24.4. The molecule has 3 rings (SSSR count). The van der Waals surface area contributed by atoms with Gasteiger partial charge in [-0.15, -0.1) is 0 Å². The number of hydrogen-bond acceptors (Lipinski definition) is 4. The van der Waals surface area contributed by atoms with Crippen LogP contribution in [0.25, 0.3) is 11.1 Å². The summed E-state index contributed by atoms with van der Waals surface area (Å²) < 4.78 is 5.26. The van der Waals surface area contributed by atoms with Crippen LogP contribution in [0.1, 0.15) is 22.8 Å². The molecule has 5 nitrogen and oxygen atoms in total. The highest BCUT2D eigenvalue weighted by atomic mass is 16.5. The molecule has 2 N–H and O–H groups in total.